The van der Waals surface area contributed by atoms with E-state index in [2.05, 4.69) is 118 Å². The van der Waals surface area contributed by atoms with Crippen molar-refractivity contribution in [3.05, 3.63) is 107 Å². The average Bonchev–Trinajstić information content (AvgIpc) is 3.10. The lowest BCUT2D eigenvalue weighted by atomic mass is 9.78. The minimum atomic E-state index is -0.827. The summed E-state index contributed by atoms with van der Waals surface area (Å²) in [6.45, 7) is 19.3. The molecule has 0 fully saturated rings. The van der Waals surface area contributed by atoms with Crippen LogP contribution in [0.1, 0.15) is 99.1 Å². The minimum Gasteiger partial charge on any atom is -0.335 e. The fourth-order valence-electron chi connectivity index (χ4n) is 6.25. The van der Waals surface area contributed by atoms with Crippen LogP contribution in [0.15, 0.2) is 84.9 Å². The largest absolute Gasteiger partial charge is 0.335 e. The maximum Gasteiger partial charge on any atom is 0.0498 e. The molecule has 0 bridgehead atoms. The zero-order valence-electron chi connectivity index (χ0n) is 26.5. The number of hydrogen-bond acceptors (Lipinski definition) is 1. The third-order valence-corrected chi connectivity index (χ3v) is 8.01. The highest BCUT2D eigenvalue weighted by Crippen LogP contribution is 2.56. The molecule has 0 heterocycles. The van der Waals surface area contributed by atoms with E-state index in [-0.39, 0.29) is 11.0 Å². The molecular weight excluding hydrogens is 458 g/mol. The topological polar surface area (TPSA) is 3.24 Å². The van der Waals surface area contributed by atoms with Crippen LogP contribution in [0.5, 0.6) is 0 Å². The van der Waals surface area contributed by atoms with Crippen molar-refractivity contribution in [1.82, 2.24) is 0 Å². The Labute approximate surface area is 233 Å². The second-order valence-electron chi connectivity index (χ2n) is 12.7. The van der Waals surface area contributed by atoms with Crippen LogP contribution in [-0.2, 0) is 5.41 Å². The first-order chi connectivity index (χ1) is 18.5. The molecule has 1 heteroatoms. The summed E-state index contributed by atoms with van der Waals surface area (Å²) >= 11 is 0. The van der Waals surface area contributed by atoms with Gasteiger partial charge in [-0.15, -0.1) is 0 Å². The Morgan fingerprint density at radius 1 is 0.684 bits per heavy atom. The van der Waals surface area contributed by atoms with Gasteiger partial charge in [0, 0.05) is 25.1 Å². The van der Waals surface area contributed by atoms with E-state index in [9.17, 15) is 2.74 Å². The molecule has 0 aromatic heterocycles. The van der Waals surface area contributed by atoms with Crippen molar-refractivity contribution in [3.8, 4) is 22.3 Å². The number of fused-ring (bicyclic) bond motifs is 3. The fraction of sp³-hybridized carbons (Fsp3) is 0.351. The van der Waals surface area contributed by atoms with E-state index in [4.69, 9.17) is 0 Å². The lowest BCUT2D eigenvalue weighted by Crippen LogP contribution is -2.40. The zero-order chi connectivity index (χ0) is 29.3. The Bertz CT molecular complexity index is 1560. The van der Waals surface area contributed by atoms with Gasteiger partial charge in [0.1, 0.15) is 0 Å². The van der Waals surface area contributed by atoms with Crippen LogP contribution in [0.3, 0.4) is 0 Å². The van der Waals surface area contributed by atoms with Crippen molar-refractivity contribution in [2.45, 2.75) is 85.1 Å². The van der Waals surface area contributed by atoms with Crippen LogP contribution in [0.4, 0.5) is 11.4 Å². The summed E-state index contributed by atoms with van der Waals surface area (Å²) < 4.78 is 18.5. The van der Waals surface area contributed by atoms with Crippen molar-refractivity contribution in [2.75, 3.05) is 4.90 Å². The summed E-state index contributed by atoms with van der Waals surface area (Å²) in [7, 11) is 0. The summed E-state index contributed by atoms with van der Waals surface area (Å²) in [5, 5.41) is 0. The average molecular weight is 504 g/mol. The normalized spacial score (nSPS) is 15.4. The molecule has 0 saturated heterocycles. The van der Waals surface area contributed by atoms with Crippen LogP contribution < -0.4 is 4.90 Å². The lowest BCUT2D eigenvalue weighted by molar-refractivity contribution is 0.547. The first kappa shape index (κ1) is 23.8. The van der Waals surface area contributed by atoms with E-state index in [0.717, 1.165) is 33.6 Å². The molecule has 5 rings (SSSR count). The maximum atomic E-state index is 9.32. The maximum absolute atomic E-state index is 9.32. The first-order valence-electron chi connectivity index (χ1n) is 14.8. The highest BCUT2D eigenvalue weighted by molar-refractivity contribution is 5.90. The molecule has 1 aliphatic rings. The molecule has 0 N–H and O–H groups in total. The molecule has 0 atom stereocenters. The third kappa shape index (κ3) is 4.27. The van der Waals surface area contributed by atoms with Gasteiger partial charge < -0.3 is 4.90 Å². The summed E-state index contributed by atoms with van der Waals surface area (Å²) in [6, 6.07) is 30.2. The summed E-state index contributed by atoms with van der Waals surface area (Å²) in [5.74, 6) is -1.65. The Balaban J connectivity index is 1.92. The zero-order valence-corrected chi connectivity index (χ0v) is 24.5. The second kappa shape index (κ2) is 9.45. The molecule has 0 amide bonds. The Hall–Kier alpha value is -3.32. The monoisotopic (exact) mass is 503 g/mol. The van der Waals surface area contributed by atoms with Gasteiger partial charge >= 0.3 is 0 Å². The second-order valence-corrected chi connectivity index (χ2v) is 12.7. The van der Waals surface area contributed by atoms with Crippen molar-refractivity contribution in [3.63, 3.8) is 0 Å². The molecule has 4 aromatic carbocycles. The first-order valence-corrected chi connectivity index (χ1v) is 13.8. The van der Waals surface area contributed by atoms with Gasteiger partial charge in [-0.05, 0) is 83.1 Å². The van der Waals surface area contributed by atoms with Crippen molar-refractivity contribution < 1.29 is 2.74 Å². The molecular formula is C37H43N. The van der Waals surface area contributed by atoms with Crippen molar-refractivity contribution in [1.29, 1.82) is 0 Å². The number of hydrogen-bond donors (Lipinski definition) is 0. The number of benzene rings is 4. The van der Waals surface area contributed by atoms with Gasteiger partial charge in [-0.3, -0.25) is 0 Å². The minimum absolute atomic E-state index is 0.250. The van der Waals surface area contributed by atoms with E-state index >= 15 is 0 Å². The fourth-order valence-corrected chi connectivity index (χ4v) is 6.25. The van der Waals surface area contributed by atoms with Crippen molar-refractivity contribution >= 4 is 11.4 Å². The standard InChI is InChI=1S/C37H43N/c1-24(2)28-20-19-27(26-15-11-10-12-16-26)23-33(28)38(36(5,6)7)35-29(25(3)4)21-22-31-30-17-13-14-18-32(30)37(8,9)34(31)35/h10-25H,1-9H3/i24D,25D. The SMILES string of the molecule is [2H]C(C)(C)c1ccc(-c2ccccc2)cc1N(c1c(C([2H])(C)C)ccc2c1C(C)(C)c1ccccc1-2)C(C)(C)C. The van der Waals surface area contributed by atoms with Crippen LogP contribution in [0.25, 0.3) is 22.3 Å². The quantitative estimate of drug-likeness (QED) is 0.262. The van der Waals surface area contributed by atoms with Crippen LogP contribution in [0.2, 0.25) is 0 Å². The van der Waals surface area contributed by atoms with E-state index < -0.39 is 11.8 Å². The molecule has 1 aliphatic carbocycles. The lowest BCUT2D eigenvalue weighted by Gasteiger charge is -2.44. The van der Waals surface area contributed by atoms with Gasteiger partial charge in [-0.25, -0.2) is 0 Å². The highest BCUT2D eigenvalue weighted by atomic mass is 15.2. The van der Waals surface area contributed by atoms with E-state index in [0.29, 0.717) is 0 Å². The molecule has 0 saturated carbocycles. The van der Waals surface area contributed by atoms with Gasteiger partial charge in [-0.2, -0.15) is 0 Å². The third-order valence-electron chi connectivity index (χ3n) is 8.01. The van der Waals surface area contributed by atoms with Crippen molar-refractivity contribution in [2.24, 2.45) is 0 Å². The van der Waals surface area contributed by atoms with E-state index in [1.54, 1.807) is 0 Å². The predicted molar refractivity (Wildman–Crippen MR) is 166 cm³/mol. The van der Waals surface area contributed by atoms with E-state index in [1.807, 2.05) is 33.8 Å². The van der Waals surface area contributed by atoms with Crippen LogP contribution >= 0.6 is 0 Å². The van der Waals surface area contributed by atoms with Gasteiger partial charge in [0.05, 0.1) is 0 Å². The Morgan fingerprint density at radius 3 is 1.92 bits per heavy atom. The summed E-state index contributed by atoms with van der Waals surface area (Å²) in [4.78, 5) is 2.45. The Kier molecular flexibility index (Phi) is 5.91. The number of nitrogens with zero attached hydrogens (tertiary/aromatic N) is 1. The molecule has 0 unspecified atom stereocenters. The summed E-state index contributed by atoms with van der Waals surface area (Å²) in [6.07, 6.45) is 0. The van der Waals surface area contributed by atoms with Gasteiger partial charge in [-0.1, -0.05) is 120 Å². The molecule has 0 spiro atoms. The van der Waals surface area contributed by atoms with Crippen LogP contribution in [0, 0.1) is 0 Å². The molecule has 38 heavy (non-hydrogen) atoms. The van der Waals surface area contributed by atoms with Gasteiger partial charge in [0.2, 0.25) is 0 Å². The molecule has 0 aliphatic heterocycles. The van der Waals surface area contributed by atoms with Gasteiger partial charge in [0.15, 0.2) is 0 Å². The molecule has 0 radical (unpaired) electrons. The number of rotatable bonds is 5. The predicted octanol–water partition coefficient (Wildman–Crippen LogP) is 10.8. The van der Waals surface area contributed by atoms with E-state index in [1.165, 1.54) is 22.3 Å². The summed E-state index contributed by atoms with van der Waals surface area (Å²) in [5.41, 5.74) is 10.9. The number of anilines is 2. The highest BCUT2D eigenvalue weighted by Gasteiger charge is 2.42. The molecule has 1 nitrogen and oxygen atoms in total. The molecule has 4 aromatic rings. The van der Waals surface area contributed by atoms with Crippen LogP contribution in [-0.4, -0.2) is 5.54 Å². The Morgan fingerprint density at radius 2 is 1.29 bits per heavy atom. The molecule has 196 valence electrons. The van der Waals surface area contributed by atoms with Gasteiger partial charge in [0.25, 0.3) is 0 Å². The smallest absolute Gasteiger partial charge is 0.0498 e.